The van der Waals surface area contributed by atoms with Crippen molar-refractivity contribution in [2.24, 2.45) is 0 Å². The molecule has 14 heterocycles. The van der Waals surface area contributed by atoms with Gasteiger partial charge in [-0.05, 0) is 166 Å². The van der Waals surface area contributed by atoms with E-state index in [-0.39, 0.29) is 0 Å². The third-order valence-electron chi connectivity index (χ3n) is 31.9. The molecule has 0 radical (unpaired) electrons. The summed E-state index contributed by atoms with van der Waals surface area (Å²) < 4.78 is 27.2. The van der Waals surface area contributed by atoms with Crippen LogP contribution >= 0.6 is 56.7 Å². The molecule has 14 aromatic heterocycles. The van der Waals surface area contributed by atoms with Crippen LogP contribution in [0.5, 0.6) is 0 Å². The molecule has 34 aromatic rings. The van der Waals surface area contributed by atoms with E-state index >= 15 is 0 Å². The van der Waals surface area contributed by atoms with Crippen LogP contribution in [0.2, 0.25) is 0 Å². The van der Waals surface area contributed by atoms with E-state index in [9.17, 15) is 0 Å². The maximum atomic E-state index is 5.01. The highest BCUT2D eigenvalue weighted by molar-refractivity contribution is 7.28. The minimum Gasteiger partial charge on any atom is -0.309 e. The number of para-hydroxylation sites is 9. The van der Waals surface area contributed by atoms with Gasteiger partial charge < -0.3 is 27.4 Å². The first kappa shape index (κ1) is 82.8. The maximum Gasteiger partial charge on any atom is 0.116 e. The van der Waals surface area contributed by atoms with Gasteiger partial charge in [-0.15, -0.1) is 56.7 Å². The fourth-order valence-corrected chi connectivity index (χ4v) is 32.1. The largest absolute Gasteiger partial charge is 0.309 e. The molecule has 696 valence electrons. The van der Waals surface area contributed by atoms with E-state index in [0.717, 1.165) is 59.1 Å². The van der Waals surface area contributed by atoms with Gasteiger partial charge in [0.15, 0.2) is 0 Å². The van der Waals surface area contributed by atoms with Crippen LogP contribution in [0.3, 0.4) is 0 Å². The normalized spacial score (nSPS) is 12.9. The van der Waals surface area contributed by atoms with Gasteiger partial charge in [-0.3, -0.25) is 0 Å². The standard InChI is InChI=1S/C53H30N4S.2C40H22N4S2/c1-2-14-31(15-3-1)56-44-25-13-8-20-38(44)47-50-46(48-49-45(29-54-30-55-49)58-52(48)51(47)56)37-19-7-12-24-43(37)57(50)32-26-27-36-35-18-6-11-23-41(35)53(42(36)28-32)39-21-9-4-16-33(39)34-17-5-10-22-40(34)53;1-2-11-23(12-3-1)43-28-17-7-5-15-27(28)34-37-33(35-36-32(21-41-22-42-36)46-40(35)38(34)43)26-14-4-8-18-29(26)44(37)30-19-10-16-25-24-13-6-9-20-31(24)45-39(25)30;1-2-10-23(11-3-1)43-30-16-8-5-14-27(30)35-38-34(36-37-33(21-41-22-42-37)46-40(36)39(35)43)26-13-4-7-15-29(26)44(38)24-18-19-32-28(20-24)25-12-6-9-17-31(25)45-32/h1-30H;2*1-22H. The minimum atomic E-state index is -0.444. The number of aromatic nitrogens is 12. The number of rotatable bonds is 6. The first-order valence-corrected chi connectivity index (χ1v) is 54.6. The SMILES string of the molecule is c1ccc(-n2c3ccccc3c3c2c2sc4cncnc4c2c2c4ccccc4n(-c4ccc5c(c4)C4(c6ccccc6-c6ccccc64)c4ccccc4-5)c23)cc1.c1ccc(-n2c3ccccc3c3c2c2sc4cncnc4c2c2c4ccccc4n(-c4ccc5sc6ccccc6c5c4)c23)cc1.c1ccc(-n2c3ccccc3c3c2c2sc4cncnc4c2c2c4ccccc4n(-c4cccc5c4sc4ccccc45)c23)cc1. The second-order valence-electron chi connectivity index (χ2n) is 39.2. The van der Waals surface area contributed by atoms with Crippen LogP contribution in [0, 0.1) is 0 Å². The van der Waals surface area contributed by atoms with Crippen molar-refractivity contribution in [3.63, 3.8) is 0 Å². The van der Waals surface area contributed by atoms with E-state index in [1.807, 2.05) is 41.3 Å². The molecule has 2 aliphatic carbocycles. The van der Waals surface area contributed by atoms with Gasteiger partial charge in [-0.25, -0.2) is 29.9 Å². The Morgan fingerprint density at radius 3 is 0.900 bits per heavy atom. The zero-order valence-electron chi connectivity index (χ0n) is 79.6. The van der Waals surface area contributed by atoms with Crippen LogP contribution in [0.25, 0.3) is 288 Å². The van der Waals surface area contributed by atoms with Crippen LogP contribution in [0.4, 0.5) is 0 Å². The predicted octanol–water partition coefficient (Wildman–Crippen LogP) is 36.2. The minimum absolute atomic E-state index is 0.444. The van der Waals surface area contributed by atoms with Crippen LogP contribution in [-0.2, 0) is 5.41 Å². The van der Waals surface area contributed by atoms with Gasteiger partial charge >= 0.3 is 0 Å². The van der Waals surface area contributed by atoms with Crippen LogP contribution in [0.15, 0.2) is 450 Å². The molecule has 2 aliphatic rings. The fourth-order valence-electron chi connectivity index (χ4n) is 26.3. The van der Waals surface area contributed by atoms with Crippen molar-refractivity contribution in [1.29, 1.82) is 0 Å². The Kier molecular flexibility index (Phi) is 17.3. The van der Waals surface area contributed by atoms with Crippen LogP contribution < -0.4 is 0 Å². The zero-order chi connectivity index (χ0) is 97.6. The molecule has 0 bridgehead atoms. The molecule has 0 aliphatic heterocycles. The van der Waals surface area contributed by atoms with E-state index in [4.69, 9.17) is 15.0 Å². The lowest BCUT2D eigenvalue weighted by atomic mass is 9.70. The van der Waals surface area contributed by atoms with Gasteiger partial charge in [0.25, 0.3) is 0 Å². The number of benzene rings is 20. The summed E-state index contributed by atoms with van der Waals surface area (Å²) in [5.74, 6) is 0. The maximum absolute atomic E-state index is 5.01. The number of hydrogen-bond acceptors (Lipinski definition) is 11. The molecular formula is C133H74N12S5. The molecular weight excluding hydrogens is 1930 g/mol. The predicted molar refractivity (Wildman–Crippen MR) is 633 cm³/mol. The highest BCUT2D eigenvalue weighted by atomic mass is 32.1. The molecule has 0 atom stereocenters. The Balaban J connectivity index is 0.0000000967. The summed E-state index contributed by atoms with van der Waals surface area (Å²) in [6.45, 7) is 0. The van der Waals surface area contributed by atoms with Crippen molar-refractivity contribution in [3.05, 3.63) is 472 Å². The summed E-state index contributed by atoms with van der Waals surface area (Å²) in [5, 5.41) is 23.6. The van der Waals surface area contributed by atoms with E-state index in [1.54, 1.807) is 53.0 Å². The average molecular weight is 2000 g/mol. The Morgan fingerprint density at radius 1 is 0.180 bits per heavy atom. The van der Waals surface area contributed by atoms with Crippen molar-refractivity contribution in [2.75, 3.05) is 0 Å². The summed E-state index contributed by atoms with van der Waals surface area (Å²) in [6.07, 6.45) is 11.0. The Bertz CT molecular complexity index is 11800. The quantitative estimate of drug-likeness (QED) is 0.164. The summed E-state index contributed by atoms with van der Waals surface area (Å²) in [6, 6.07) is 151. The number of fused-ring (bicyclic) bond motifs is 52. The summed E-state index contributed by atoms with van der Waals surface area (Å²) in [7, 11) is 0. The Morgan fingerprint density at radius 2 is 0.480 bits per heavy atom. The second kappa shape index (κ2) is 31.3. The third-order valence-corrected chi connectivity index (χ3v) is 37.7. The summed E-state index contributed by atoms with van der Waals surface area (Å²) in [5.41, 5.74) is 34.5. The number of nitrogens with zero attached hydrogens (tertiary/aromatic N) is 12. The number of hydrogen-bond donors (Lipinski definition) is 0. The monoisotopic (exact) mass is 2000 g/mol. The molecule has 0 saturated carbocycles. The molecule has 0 unspecified atom stereocenters. The average Bonchev–Trinajstić information content (AvgIpc) is 1.52. The first-order valence-electron chi connectivity index (χ1n) is 50.5. The van der Waals surface area contributed by atoms with Gasteiger partial charge in [0.1, 0.15) is 19.0 Å². The van der Waals surface area contributed by atoms with E-state index in [1.165, 1.54) is 252 Å². The summed E-state index contributed by atoms with van der Waals surface area (Å²) >= 11 is 9.13. The molecule has 17 heteroatoms. The highest BCUT2D eigenvalue weighted by Gasteiger charge is 2.52. The lowest BCUT2D eigenvalue weighted by molar-refractivity contribution is 0.792. The molecule has 0 fully saturated rings. The van der Waals surface area contributed by atoms with E-state index < -0.39 is 5.41 Å². The lowest BCUT2D eigenvalue weighted by Gasteiger charge is -2.30. The number of thiophene rings is 5. The molecule has 36 rings (SSSR count). The van der Waals surface area contributed by atoms with Crippen molar-refractivity contribution in [1.82, 2.24) is 57.3 Å². The second-order valence-corrected chi connectivity index (χ2v) is 44.5. The van der Waals surface area contributed by atoms with E-state index in [2.05, 4.69) is 455 Å². The molecule has 20 aromatic carbocycles. The van der Waals surface area contributed by atoms with Gasteiger partial charge in [-0.2, -0.15) is 0 Å². The van der Waals surface area contributed by atoms with Gasteiger partial charge in [0.2, 0.25) is 0 Å². The lowest BCUT2D eigenvalue weighted by Crippen LogP contribution is -2.26. The topological polar surface area (TPSA) is 107 Å². The molecule has 0 amide bonds. The van der Waals surface area contributed by atoms with Crippen molar-refractivity contribution < 1.29 is 0 Å². The smallest absolute Gasteiger partial charge is 0.116 e. The Hall–Kier alpha value is -18.5. The Labute approximate surface area is 872 Å². The highest BCUT2D eigenvalue weighted by Crippen LogP contribution is 2.65. The van der Waals surface area contributed by atoms with Crippen molar-refractivity contribution in [3.8, 4) is 56.4 Å². The van der Waals surface area contributed by atoms with Crippen molar-refractivity contribution >= 4 is 289 Å². The van der Waals surface area contributed by atoms with Crippen LogP contribution in [0.1, 0.15) is 22.3 Å². The van der Waals surface area contributed by atoms with Crippen molar-refractivity contribution in [2.45, 2.75) is 5.41 Å². The third kappa shape index (κ3) is 11.1. The van der Waals surface area contributed by atoms with E-state index in [0.29, 0.717) is 0 Å². The molecule has 0 N–H and O–H groups in total. The molecule has 0 saturated heterocycles. The molecule has 150 heavy (non-hydrogen) atoms. The molecule has 1 spiro atoms. The molecule has 12 nitrogen and oxygen atoms in total. The van der Waals surface area contributed by atoms with Crippen LogP contribution in [-0.4, -0.2) is 57.3 Å². The van der Waals surface area contributed by atoms with Gasteiger partial charge in [0.05, 0.1) is 127 Å². The van der Waals surface area contributed by atoms with Gasteiger partial charge in [0, 0.05) is 163 Å². The zero-order valence-corrected chi connectivity index (χ0v) is 83.7. The van der Waals surface area contributed by atoms with Gasteiger partial charge in [-0.1, -0.05) is 291 Å². The fraction of sp³-hybridized carbons (Fsp3) is 0.00752. The first-order chi connectivity index (χ1) is 74.5. The summed E-state index contributed by atoms with van der Waals surface area (Å²) in [4.78, 5) is 28.3.